The van der Waals surface area contributed by atoms with Crippen molar-refractivity contribution in [3.05, 3.63) is 0 Å². The van der Waals surface area contributed by atoms with Crippen LogP contribution < -0.4 is 5.32 Å². The van der Waals surface area contributed by atoms with Crippen LogP contribution >= 0.6 is 0 Å². The molecule has 1 aliphatic heterocycles. The summed E-state index contributed by atoms with van der Waals surface area (Å²) in [5.41, 5.74) is 0. The summed E-state index contributed by atoms with van der Waals surface area (Å²) in [6.07, 6.45) is 5.11. The Morgan fingerprint density at radius 2 is 2.00 bits per heavy atom. The SMILES string of the molecule is CCCCOCCNCC1CCN(C)CC1. The van der Waals surface area contributed by atoms with Crippen LogP contribution in [0.1, 0.15) is 32.6 Å². The Morgan fingerprint density at radius 3 is 2.69 bits per heavy atom. The van der Waals surface area contributed by atoms with E-state index >= 15 is 0 Å². The summed E-state index contributed by atoms with van der Waals surface area (Å²) in [5, 5.41) is 3.50. The molecule has 0 aliphatic carbocycles. The first kappa shape index (κ1) is 13.9. The van der Waals surface area contributed by atoms with Crippen LogP contribution in [-0.2, 0) is 4.74 Å². The molecular weight excluding hydrogens is 200 g/mol. The van der Waals surface area contributed by atoms with Crippen LogP contribution in [0.25, 0.3) is 0 Å². The van der Waals surface area contributed by atoms with E-state index in [2.05, 4.69) is 24.2 Å². The van der Waals surface area contributed by atoms with Crippen LogP contribution in [-0.4, -0.2) is 51.3 Å². The summed E-state index contributed by atoms with van der Waals surface area (Å²) in [7, 11) is 2.21. The number of likely N-dealkylation sites (tertiary alicyclic amines) is 1. The van der Waals surface area contributed by atoms with E-state index in [0.717, 1.165) is 25.7 Å². The molecule has 3 heteroatoms. The van der Waals surface area contributed by atoms with Gasteiger partial charge in [-0.05, 0) is 51.9 Å². The first-order valence-electron chi connectivity index (χ1n) is 6.80. The first-order chi connectivity index (χ1) is 7.83. The Hall–Kier alpha value is -0.120. The molecule has 1 saturated heterocycles. The molecule has 96 valence electrons. The third-order valence-corrected chi connectivity index (χ3v) is 3.34. The van der Waals surface area contributed by atoms with Crippen molar-refractivity contribution < 1.29 is 4.74 Å². The van der Waals surface area contributed by atoms with Gasteiger partial charge in [-0.3, -0.25) is 0 Å². The predicted octanol–water partition coefficient (Wildman–Crippen LogP) is 1.73. The number of rotatable bonds is 8. The van der Waals surface area contributed by atoms with Crippen molar-refractivity contribution in [1.82, 2.24) is 10.2 Å². The molecule has 0 spiro atoms. The molecule has 0 atom stereocenters. The van der Waals surface area contributed by atoms with Crippen LogP contribution in [0.2, 0.25) is 0 Å². The summed E-state index contributed by atoms with van der Waals surface area (Å²) >= 11 is 0. The normalized spacial score (nSPS) is 19.1. The van der Waals surface area contributed by atoms with Gasteiger partial charge in [0.05, 0.1) is 6.61 Å². The van der Waals surface area contributed by atoms with Gasteiger partial charge in [0.1, 0.15) is 0 Å². The molecule has 0 bridgehead atoms. The highest BCUT2D eigenvalue weighted by molar-refractivity contribution is 4.71. The molecule has 16 heavy (non-hydrogen) atoms. The van der Waals surface area contributed by atoms with Crippen LogP contribution in [0.3, 0.4) is 0 Å². The largest absolute Gasteiger partial charge is 0.380 e. The summed E-state index contributed by atoms with van der Waals surface area (Å²) in [6, 6.07) is 0. The van der Waals surface area contributed by atoms with E-state index in [4.69, 9.17) is 4.74 Å². The highest BCUT2D eigenvalue weighted by Crippen LogP contribution is 2.14. The van der Waals surface area contributed by atoms with Crippen molar-refractivity contribution in [2.45, 2.75) is 32.6 Å². The number of unbranched alkanes of at least 4 members (excludes halogenated alkanes) is 1. The lowest BCUT2D eigenvalue weighted by molar-refractivity contribution is 0.130. The van der Waals surface area contributed by atoms with Crippen molar-refractivity contribution in [3.8, 4) is 0 Å². The zero-order valence-electron chi connectivity index (χ0n) is 11.0. The predicted molar refractivity (Wildman–Crippen MR) is 68.8 cm³/mol. The third-order valence-electron chi connectivity index (χ3n) is 3.34. The highest BCUT2D eigenvalue weighted by Gasteiger charge is 2.15. The lowest BCUT2D eigenvalue weighted by Crippen LogP contribution is -2.35. The maximum atomic E-state index is 5.51. The molecule has 0 unspecified atom stereocenters. The fourth-order valence-corrected chi connectivity index (χ4v) is 2.07. The van der Waals surface area contributed by atoms with Crippen molar-refractivity contribution in [1.29, 1.82) is 0 Å². The zero-order valence-corrected chi connectivity index (χ0v) is 11.0. The molecule has 0 radical (unpaired) electrons. The second-order valence-electron chi connectivity index (χ2n) is 4.92. The molecule has 1 N–H and O–H groups in total. The standard InChI is InChI=1S/C13H28N2O/c1-3-4-10-16-11-7-14-12-13-5-8-15(2)9-6-13/h13-14H,3-12H2,1-2H3. The molecule has 1 fully saturated rings. The molecule has 0 aromatic rings. The van der Waals surface area contributed by atoms with Crippen LogP contribution in [0, 0.1) is 5.92 Å². The maximum absolute atomic E-state index is 5.51. The summed E-state index contributed by atoms with van der Waals surface area (Å²) in [4.78, 5) is 2.42. The number of nitrogens with zero attached hydrogens (tertiary/aromatic N) is 1. The Bertz CT molecular complexity index is 156. The summed E-state index contributed by atoms with van der Waals surface area (Å²) in [6.45, 7) is 8.69. The topological polar surface area (TPSA) is 24.5 Å². The minimum atomic E-state index is 0.868. The van der Waals surface area contributed by atoms with E-state index < -0.39 is 0 Å². The minimum absolute atomic E-state index is 0.868. The smallest absolute Gasteiger partial charge is 0.0590 e. The zero-order chi connectivity index (χ0) is 11.6. The Balaban J connectivity index is 1.84. The molecule has 0 aromatic heterocycles. The van der Waals surface area contributed by atoms with Gasteiger partial charge in [0, 0.05) is 13.2 Å². The molecule has 0 saturated carbocycles. The van der Waals surface area contributed by atoms with Crippen LogP contribution in [0.5, 0.6) is 0 Å². The molecular formula is C13H28N2O. The van der Waals surface area contributed by atoms with Crippen molar-refractivity contribution in [2.75, 3.05) is 46.4 Å². The monoisotopic (exact) mass is 228 g/mol. The maximum Gasteiger partial charge on any atom is 0.0590 e. The first-order valence-corrected chi connectivity index (χ1v) is 6.80. The van der Waals surface area contributed by atoms with Gasteiger partial charge in [-0.2, -0.15) is 0 Å². The van der Waals surface area contributed by atoms with E-state index in [1.807, 2.05) is 0 Å². The second kappa shape index (κ2) is 8.97. The van der Waals surface area contributed by atoms with Crippen LogP contribution in [0.15, 0.2) is 0 Å². The molecule has 0 aromatic carbocycles. The molecule has 1 heterocycles. The van der Waals surface area contributed by atoms with Gasteiger partial charge in [0.15, 0.2) is 0 Å². The summed E-state index contributed by atoms with van der Waals surface area (Å²) in [5.74, 6) is 0.881. The Kier molecular flexibility index (Phi) is 7.81. The highest BCUT2D eigenvalue weighted by atomic mass is 16.5. The summed E-state index contributed by atoms with van der Waals surface area (Å²) < 4.78 is 5.51. The molecule has 3 nitrogen and oxygen atoms in total. The van der Waals surface area contributed by atoms with E-state index in [9.17, 15) is 0 Å². The fraction of sp³-hybridized carbons (Fsp3) is 1.00. The quantitative estimate of drug-likeness (QED) is 0.640. The molecule has 0 amide bonds. The second-order valence-corrected chi connectivity index (χ2v) is 4.92. The lowest BCUT2D eigenvalue weighted by Gasteiger charge is -2.29. The number of hydrogen-bond acceptors (Lipinski definition) is 3. The average Bonchev–Trinajstić information content (AvgIpc) is 2.30. The van der Waals surface area contributed by atoms with Gasteiger partial charge < -0.3 is 15.0 Å². The Morgan fingerprint density at radius 1 is 1.25 bits per heavy atom. The average molecular weight is 228 g/mol. The lowest BCUT2D eigenvalue weighted by atomic mass is 9.97. The number of piperidine rings is 1. The van der Waals surface area contributed by atoms with Gasteiger partial charge in [0.25, 0.3) is 0 Å². The number of ether oxygens (including phenoxy) is 1. The van der Waals surface area contributed by atoms with Crippen LogP contribution in [0.4, 0.5) is 0 Å². The minimum Gasteiger partial charge on any atom is -0.380 e. The van der Waals surface area contributed by atoms with Crippen molar-refractivity contribution in [2.24, 2.45) is 5.92 Å². The van der Waals surface area contributed by atoms with Gasteiger partial charge in [-0.25, -0.2) is 0 Å². The van der Waals surface area contributed by atoms with Gasteiger partial charge in [-0.15, -0.1) is 0 Å². The van der Waals surface area contributed by atoms with Gasteiger partial charge in [0.2, 0.25) is 0 Å². The van der Waals surface area contributed by atoms with Gasteiger partial charge in [-0.1, -0.05) is 13.3 Å². The third kappa shape index (κ3) is 6.46. The molecule has 1 aliphatic rings. The van der Waals surface area contributed by atoms with E-state index in [1.54, 1.807) is 0 Å². The van der Waals surface area contributed by atoms with E-state index in [1.165, 1.54) is 45.3 Å². The van der Waals surface area contributed by atoms with E-state index in [-0.39, 0.29) is 0 Å². The van der Waals surface area contributed by atoms with E-state index in [0.29, 0.717) is 0 Å². The fourth-order valence-electron chi connectivity index (χ4n) is 2.07. The van der Waals surface area contributed by atoms with Crippen molar-refractivity contribution >= 4 is 0 Å². The van der Waals surface area contributed by atoms with Gasteiger partial charge >= 0.3 is 0 Å². The Labute approximate surface area is 101 Å². The molecule has 1 rings (SSSR count). The number of nitrogens with one attached hydrogen (secondary N) is 1. The van der Waals surface area contributed by atoms with Crippen molar-refractivity contribution in [3.63, 3.8) is 0 Å². The number of hydrogen-bond donors (Lipinski definition) is 1.